The summed E-state index contributed by atoms with van der Waals surface area (Å²) in [5.74, 6) is -0.836. The van der Waals surface area contributed by atoms with E-state index in [-0.39, 0.29) is 24.3 Å². The van der Waals surface area contributed by atoms with Crippen LogP contribution in [0.2, 0.25) is 0 Å². The molecule has 0 aliphatic heterocycles. The van der Waals surface area contributed by atoms with Gasteiger partial charge in [-0.05, 0) is 28.4 Å². The van der Waals surface area contributed by atoms with E-state index in [0.29, 0.717) is 4.47 Å². The van der Waals surface area contributed by atoms with Crippen molar-refractivity contribution in [1.82, 2.24) is 4.98 Å². The number of hydrogen-bond acceptors (Lipinski definition) is 4. The third-order valence-electron chi connectivity index (χ3n) is 2.05. The van der Waals surface area contributed by atoms with Gasteiger partial charge < -0.3 is 10.5 Å². The second-order valence-corrected chi connectivity index (χ2v) is 3.92. The molecular weight excluding hydrogens is 298 g/mol. The lowest BCUT2D eigenvalue weighted by Gasteiger charge is -2.12. The van der Waals surface area contributed by atoms with E-state index in [0.717, 1.165) is 0 Å². The van der Waals surface area contributed by atoms with E-state index in [1.807, 2.05) is 0 Å². The molecule has 1 aromatic rings. The van der Waals surface area contributed by atoms with Gasteiger partial charge in [-0.2, -0.15) is 0 Å². The third-order valence-corrected chi connectivity index (χ3v) is 2.74. The number of halogens is 3. The molecule has 0 atom stereocenters. The van der Waals surface area contributed by atoms with Crippen LogP contribution in [0.5, 0.6) is 0 Å². The lowest BCUT2D eigenvalue weighted by Crippen LogP contribution is -2.16. The maximum Gasteiger partial charge on any atom is 0.340 e. The largest absolute Gasteiger partial charge is 0.462 e. The molecular formula is C10H11BrF2N2O2. The zero-order valence-corrected chi connectivity index (χ0v) is 10.6. The molecule has 0 fully saturated rings. The summed E-state index contributed by atoms with van der Waals surface area (Å²) in [7, 11) is 0. The number of pyridine rings is 1. The van der Waals surface area contributed by atoms with Crippen molar-refractivity contribution in [2.75, 3.05) is 6.61 Å². The molecule has 0 bridgehead atoms. The summed E-state index contributed by atoms with van der Waals surface area (Å²) < 4.78 is 30.6. The summed E-state index contributed by atoms with van der Waals surface area (Å²) in [6, 6.07) is 0. The molecule has 94 valence electrons. The van der Waals surface area contributed by atoms with Gasteiger partial charge in [0.25, 0.3) is 6.43 Å². The van der Waals surface area contributed by atoms with E-state index in [2.05, 4.69) is 20.9 Å². The molecule has 0 aliphatic carbocycles. The van der Waals surface area contributed by atoms with Gasteiger partial charge in [-0.15, -0.1) is 0 Å². The fourth-order valence-corrected chi connectivity index (χ4v) is 1.80. The first-order valence-electron chi connectivity index (χ1n) is 4.85. The third kappa shape index (κ3) is 2.98. The molecule has 1 aromatic heterocycles. The summed E-state index contributed by atoms with van der Waals surface area (Å²) in [4.78, 5) is 15.2. The van der Waals surface area contributed by atoms with E-state index in [1.165, 1.54) is 6.20 Å². The Morgan fingerprint density at radius 3 is 2.76 bits per heavy atom. The van der Waals surface area contributed by atoms with Crippen LogP contribution in [0.1, 0.15) is 35.0 Å². The van der Waals surface area contributed by atoms with Crippen LogP contribution in [0.4, 0.5) is 8.78 Å². The molecule has 0 saturated heterocycles. The first kappa shape index (κ1) is 14.0. The van der Waals surface area contributed by atoms with Gasteiger partial charge in [-0.25, -0.2) is 13.6 Å². The van der Waals surface area contributed by atoms with Crippen molar-refractivity contribution in [3.63, 3.8) is 0 Å². The maximum atomic E-state index is 12.7. The topological polar surface area (TPSA) is 65.2 Å². The molecule has 7 heteroatoms. The quantitative estimate of drug-likeness (QED) is 0.868. The monoisotopic (exact) mass is 308 g/mol. The zero-order valence-electron chi connectivity index (χ0n) is 9.04. The Kier molecular flexibility index (Phi) is 4.95. The van der Waals surface area contributed by atoms with Gasteiger partial charge in [-0.3, -0.25) is 4.98 Å². The van der Waals surface area contributed by atoms with Crippen LogP contribution in [0.15, 0.2) is 10.7 Å². The second-order valence-electron chi connectivity index (χ2n) is 3.07. The molecule has 0 amide bonds. The number of ether oxygens (including phenoxy) is 1. The molecule has 4 nitrogen and oxygen atoms in total. The molecule has 0 aliphatic rings. The highest BCUT2D eigenvalue weighted by molar-refractivity contribution is 9.10. The van der Waals surface area contributed by atoms with Crippen molar-refractivity contribution >= 4 is 21.9 Å². The standard InChI is InChI=1S/C10H11BrF2N2O2/c1-2-17-10(16)7-5(3-14)6(11)4-15-8(7)9(12)13/h4,9H,2-3,14H2,1H3. The number of alkyl halides is 2. The molecule has 0 spiro atoms. The molecule has 0 radical (unpaired) electrons. The van der Waals surface area contributed by atoms with Crippen molar-refractivity contribution < 1.29 is 18.3 Å². The Morgan fingerprint density at radius 2 is 2.29 bits per heavy atom. The van der Waals surface area contributed by atoms with Gasteiger partial charge in [0.2, 0.25) is 0 Å². The van der Waals surface area contributed by atoms with Gasteiger partial charge in [0, 0.05) is 17.2 Å². The fourth-order valence-electron chi connectivity index (χ4n) is 1.34. The van der Waals surface area contributed by atoms with Crippen LogP contribution >= 0.6 is 15.9 Å². The van der Waals surface area contributed by atoms with Crippen molar-refractivity contribution in [1.29, 1.82) is 0 Å². The molecule has 1 heterocycles. The Labute approximate surface area is 105 Å². The number of rotatable bonds is 4. The maximum absolute atomic E-state index is 12.7. The number of carbonyl (C=O) groups excluding carboxylic acids is 1. The molecule has 0 saturated carbocycles. The van der Waals surface area contributed by atoms with E-state index >= 15 is 0 Å². The second kappa shape index (κ2) is 6.02. The van der Waals surface area contributed by atoms with Crippen LogP contribution in [-0.4, -0.2) is 17.6 Å². The smallest absolute Gasteiger partial charge is 0.340 e. The van der Waals surface area contributed by atoms with E-state index in [1.54, 1.807) is 6.92 Å². The van der Waals surface area contributed by atoms with Gasteiger partial charge in [0.1, 0.15) is 5.69 Å². The van der Waals surface area contributed by atoms with Crippen molar-refractivity contribution in [2.45, 2.75) is 19.9 Å². The number of carbonyl (C=O) groups is 1. The van der Waals surface area contributed by atoms with Gasteiger partial charge in [0.15, 0.2) is 0 Å². The van der Waals surface area contributed by atoms with Crippen LogP contribution < -0.4 is 5.73 Å². The van der Waals surface area contributed by atoms with Gasteiger partial charge in [-0.1, -0.05) is 0 Å². The van der Waals surface area contributed by atoms with Gasteiger partial charge in [0.05, 0.1) is 12.2 Å². The normalized spacial score (nSPS) is 10.7. The highest BCUT2D eigenvalue weighted by atomic mass is 79.9. The summed E-state index contributed by atoms with van der Waals surface area (Å²) in [6.45, 7) is 1.63. The predicted octanol–water partition coefficient (Wildman–Crippen LogP) is 2.42. The first-order valence-corrected chi connectivity index (χ1v) is 5.64. The Morgan fingerprint density at radius 1 is 1.65 bits per heavy atom. The van der Waals surface area contributed by atoms with Crippen LogP contribution in [0.3, 0.4) is 0 Å². The van der Waals surface area contributed by atoms with Gasteiger partial charge >= 0.3 is 5.97 Å². The Hall–Kier alpha value is -1.08. The number of esters is 1. The average Bonchev–Trinajstić information content (AvgIpc) is 2.28. The summed E-state index contributed by atoms with van der Waals surface area (Å²) in [5.41, 5.74) is 4.86. The van der Waals surface area contributed by atoms with E-state index in [4.69, 9.17) is 10.5 Å². The number of nitrogens with two attached hydrogens (primary N) is 1. The number of nitrogens with zero attached hydrogens (tertiary/aromatic N) is 1. The summed E-state index contributed by atoms with van der Waals surface area (Å²) >= 11 is 3.11. The molecule has 0 unspecified atom stereocenters. The SMILES string of the molecule is CCOC(=O)c1c(C(F)F)ncc(Br)c1CN. The highest BCUT2D eigenvalue weighted by Crippen LogP contribution is 2.28. The predicted molar refractivity (Wildman–Crippen MR) is 60.7 cm³/mol. The Balaban J connectivity index is 3.38. The van der Waals surface area contributed by atoms with Crippen LogP contribution in [-0.2, 0) is 11.3 Å². The lowest BCUT2D eigenvalue weighted by atomic mass is 10.1. The zero-order chi connectivity index (χ0) is 13.0. The van der Waals surface area contributed by atoms with Crippen molar-refractivity contribution in [2.24, 2.45) is 5.73 Å². The number of aromatic nitrogens is 1. The van der Waals surface area contributed by atoms with Crippen molar-refractivity contribution in [3.8, 4) is 0 Å². The van der Waals surface area contributed by atoms with Crippen LogP contribution in [0.25, 0.3) is 0 Å². The average molecular weight is 309 g/mol. The van der Waals surface area contributed by atoms with E-state index < -0.39 is 18.1 Å². The van der Waals surface area contributed by atoms with E-state index in [9.17, 15) is 13.6 Å². The molecule has 17 heavy (non-hydrogen) atoms. The van der Waals surface area contributed by atoms with Crippen LogP contribution in [0, 0.1) is 0 Å². The first-order chi connectivity index (χ1) is 8.02. The lowest BCUT2D eigenvalue weighted by molar-refractivity contribution is 0.0511. The minimum absolute atomic E-state index is 0.0586. The minimum atomic E-state index is -2.85. The molecule has 2 N–H and O–H groups in total. The molecule has 0 aromatic carbocycles. The Bertz CT molecular complexity index is 427. The number of hydrogen-bond donors (Lipinski definition) is 1. The highest BCUT2D eigenvalue weighted by Gasteiger charge is 2.25. The summed E-state index contributed by atoms with van der Waals surface area (Å²) in [5, 5.41) is 0. The molecule has 1 rings (SSSR count). The summed E-state index contributed by atoms with van der Waals surface area (Å²) in [6.07, 6.45) is -1.65. The minimum Gasteiger partial charge on any atom is -0.462 e. The fraction of sp³-hybridized carbons (Fsp3) is 0.400. The van der Waals surface area contributed by atoms with Crippen molar-refractivity contribution in [3.05, 3.63) is 27.5 Å².